The molecule has 4 rings (SSSR count). The van der Waals surface area contributed by atoms with E-state index in [2.05, 4.69) is 0 Å². The topological polar surface area (TPSA) is 55.1 Å². The summed E-state index contributed by atoms with van der Waals surface area (Å²) in [5.41, 5.74) is 2.65. The molecule has 0 radical (unpaired) electrons. The van der Waals surface area contributed by atoms with E-state index in [9.17, 15) is 9.90 Å². The predicted molar refractivity (Wildman–Crippen MR) is 103 cm³/mol. The molecule has 1 aromatic heterocycles. The minimum atomic E-state index is -0.0340. The van der Waals surface area contributed by atoms with Gasteiger partial charge in [-0.05, 0) is 36.2 Å². The van der Waals surface area contributed by atoms with Gasteiger partial charge >= 0.3 is 0 Å². The molecule has 128 valence electrons. The number of nitrogens with zero attached hydrogens (tertiary/aromatic N) is 2. The molecule has 0 aliphatic carbocycles. The van der Waals surface area contributed by atoms with Crippen LogP contribution < -0.4 is 5.56 Å². The van der Waals surface area contributed by atoms with Crippen molar-refractivity contribution in [3.63, 3.8) is 0 Å². The van der Waals surface area contributed by atoms with E-state index < -0.39 is 0 Å². The molecule has 1 heterocycles. The molecule has 3 aromatic carbocycles. The van der Waals surface area contributed by atoms with E-state index in [1.54, 1.807) is 16.7 Å². The summed E-state index contributed by atoms with van der Waals surface area (Å²) in [6.07, 6.45) is 0.681. The van der Waals surface area contributed by atoms with Gasteiger partial charge in [-0.1, -0.05) is 54.6 Å². The molecule has 4 aromatic rings. The molecule has 0 saturated carbocycles. The Morgan fingerprint density at radius 3 is 2.31 bits per heavy atom. The lowest BCUT2D eigenvalue weighted by atomic mass is 10.1. The van der Waals surface area contributed by atoms with Crippen LogP contribution in [0.4, 0.5) is 0 Å². The summed E-state index contributed by atoms with van der Waals surface area (Å²) in [5.74, 6) is 0.913. The summed E-state index contributed by atoms with van der Waals surface area (Å²) in [7, 11) is 0. The second kappa shape index (κ2) is 6.84. The zero-order valence-electron chi connectivity index (χ0n) is 14.2. The van der Waals surface area contributed by atoms with Gasteiger partial charge in [0.15, 0.2) is 0 Å². The molecule has 0 fully saturated rings. The number of rotatable bonds is 4. The maximum atomic E-state index is 13.1. The number of benzene rings is 3. The third kappa shape index (κ3) is 3.09. The molecule has 0 atom stereocenters. The van der Waals surface area contributed by atoms with Crippen LogP contribution in [0.15, 0.2) is 83.7 Å². The maximum absolute atomic E-state index is 13.1. The first-order valence-electron chi connectivity index (χ1n) is 8.55. The quantitative estimate of drug-likeness (QED) is 0.610. The van der Waals surface area contributed by atoms with Crippen molar-refractivity contribution >= 4 is 10.9 Å². The molecule has 4 nitrogen and oxygen atoms in total. The molecular weight excluding hydrogens is 324 g/mol. The molecule has 0 aliphatic heterocycles. The fourth-order valence-corrected chi connectivity index (χ4v) is 3.09. The number of hydrogen-bond donors (Lipinski definition) is 1. The Morgan fingerprint density at radius 2 is 1.54 bits per heavy atom. The van der Waals surface area contributed by atoms with Gasteiger partial charge in [-0.3, -0.25) is 9.36 Å². The van der Waals surface area contributed by atoms with Crippen LogP contribution in [0.3, 0.4) is 0 Å². The SMILES string of the molecule is O=c1c2ccccc2nc(-c2ccccc2)n1CCc1ccc(O)cc1. The summed E-state index contributed by atoms with van der Waals surface area (Å²) in [4.78, 5) is 17.8. The number of para-hydroxylation sites is 1. The fraction of sp³-hybridized carbons (Fsp3) is 0.0909. The van der Waals surface area contributed by atoms with E-state index in [1.165, 1.54) is 0 Å². The first-order chi connectivity index (χ1) is 12.7. The first kappa shape index (κ1) is 16.1. The predicted octanol–water partition coefficient (Wildman–Crippen LogP) is 4.01. The zero-order valence-corrected chi connectivity index (χ0v) is 14.2. The normalized spacial score (nSPS) is 10.9. The molecule has 0 spiro atoms. The Hall–Kier alpha value is -3.40. The highest BCUT2D eigenvalue weighted by atomic mass is 16.3. The average molecular weight is 342 g/mol. The second-order valence-electron chi connectivity index (χ2n) is 6.19. The standard InChI is InChI=1S/C22H18N2O2/c25-18-12-10-16(11-13-18)14-15-24-21(17-6-2-1-3-7-17)23-20-9-5-4-8-19(20)22(24)26/h1-13,25H,14-15H2. The Kier molecular flexibility index (Phi) is 4.23. The van der Waals surface area contributed by atoms with Gasteiger partial charge in [0.25, 0.3) is 5.56 Å². The van der Waals surface area contributed by atoms with Crippen LogP contribution in [0.1, 0.15) is 5.56 Å². The van der Waals surface area contributed by atoms with E-state index in [1.807, 2.05) is 66.7 Å². The van der Waals surface area contributed by atoms with E-state index in [0.717, 1.165) is 11.1 Å². The number of phenols is 1. The summed E-state index contributed by atoms with van der Waals surface area (Å²) in [6, 6.07) is 24.3. The fourth-order valence-electron chi connectivity index (χ4n) is 3.09. The monoisotopic (exact) mass is 342 g/mol. The molecular formula is C22H18N2O2. The Labute approximate surface area is 151 Å². The smallest absolute Gasteiger partial charge is 0.261 e. The molecule has 0 bridgehead atoms. The highest BCUT2D eigenvalue weighted by Crippen LogP contribution is 2.19. The number of fused-ring (bicyclic) bond motifs is 1. The molecule has 0 saturated heterocycles. The number of aryl methyl sites for hydroxylation is 1. The first-order valence-corrected chi connectivity index (χ1v) is 8.55. The minimum absolute atomic E-state index is 0.0340. The van der Waals surface area contributed by atoms with Crippen molar-refractivity contribution in [3.05, 3.63) is 94.8 Å². The number of phenolic OH excluding ortho intramolecular Hbond substituents is 1. The average Bonchev–Trinajstić information content (AvgIpc) is 2.69. The van der Waals surface area contributed by atoms with Crippen LogP contribution in [-0.4, -0.2) is 14.7 Å². The van der Waals surface area contributed by atoms with Gasteiger partial charge in [0.2, 0.25) is 0 Å². The van der Waals surface area contributed by atoms with Crippen molar-refractivity contribution in [2.24, 2.45) is 0 Å². The van der Waals surface area contributed by atoms with Crippen molar-refractivity contribution in [2.45, 2.75) is 13.0 Å². The van der Waals surface area contributed by atoms with E-state index >= 15 is 0 Å². The van der Waals surface area contributed by atoms with Gasteiger partial charge in [0, 0.05) is 12.1 Å². The van der Waals surface area contributed by atoms with Crippen LogP contribution in [0.5, 0.6) is 5.75 Å². The van der Waals surface area contributed by atoms with Crippen molar-refractivity contribution in [3.8, 4) is 17.1 Å². The highest BCUT2D eigenvalue weighted by molar-refractivity contribution is 5.79. The van der Waals surface area contributed by atoms with Crippen LogP contribution >= 0.6 is 0 Å². The highest BCUT2D eigenvalue weighted by Gasteiger charge is 2.12. The number of aromatic hydroxyl groups is 1. The van der Waals surface area contributed by atoms with Crippen LogP contribution in [0.2, 0.25) is 0 Å². The van der Waals surface area contributed by atoms with Gasteiger partial charge in [0.1, 0.15) is 11.6 Å². The third-order valence-electron chi connectivity index (χ3n) is 4.45. The molecule has 4 heteroatoms. The van der Waals surface area contributed by atoms with Crippen LogP contribution in [-0.2, 0) is 13.0 Å². The third-order valence-corrected chi connectivity index (χ3v) is 4.45. The lowest BCUT2D eigenvalue weighted by Gasteiger charge is -2.14. The lowest BCUT2D eigenvalue weighted by Crippen LogP contribution is -2.24. The molecule has 1 N–H and O–H groups in total. The summed E-state index contributed by atoms with van der Waals surface area (Å²) in [6.45, 7) is 0.520. The number of hydrogen-bond acceptors (Lipinski definition) is 3. The van der Waals surface area contributed by atoms with Crippen molar-refractivity contribution in [2.75, 3.05) is 0 Å². The maximum Gasteiger partial charge on any atom is 0.261 e. The molecule has 0 unspecified atom stereocenters. The largest absolute Gasteiger partial charge is 0.508 e. The van der Waals surface area contributed by atoms with Gasteiger partial charge in [-0.2, -0.15) is 0 Å². The van der Waals surface area contributed by atoms with Crippen molar-refractivity contribution in [1.29, 1.82) is 0 Å². The van der Waals surface area contributed by atoms with Crippen molar-refractivity contribution < 1.29 is 5.11 Å². The van der Waals surface area contributed by atoms with Gasteiger partial charge < -0.3 is 5.11 Å². The Morgan fingerprint density at radius 1 is 0.846 bits per heavy atom. The van der Waals surface area contributed by atoms with Gasteiger partial charge in [0.05, 0.1) is 10.9 Å². The second-order valence-corrected chi connectivity index (χ2v) is 6.19. The Balaban J connectivity index is 1.81. The molecule has 0 amide bonds. The molecule has 0 aliphatic rings. The van der Waals surface area contributed by atoms with Gasteiger partial charge in [-0.15, -0.1) is 0 Å². The summed E-state index contributed by atoms with van der Waals surface area (Å²) < 4.78 is 1.74. The van der Waals surface area contributed by atoms with Crippen LogP contribution in [0.25, 0.3) is 22.3 Å². The van der Waals surface area contributed by atoms with Crippen molar-refractivity contribution in [1.82, 2.24) is 9.55 Å². The lowest BCUT2D eigenvalue weighted by molar-refractivity contribution is 0.475. The summed E-state index contributed by atoms with van der Waals surface area (Å²) in [5, 5.41) is 10.1. The Bertz CT molecular complexity index is 1100. The van der Waals surface area contributed by atoms with E-state index in [4.69, 9.17) is 4.98 Å². The minimum Gasteiger partial charge on any atom is -0.508 e. The van der Waals surface area contributed by atoms with Crippen LogP contribution in [0, 0.1) is 0 Å². The van der Waals surface area contributed by atoms with Gasteiger partial charge in [-0.25, -0.2) is 4.98 Å². The van der Waals surface area contributed by atoms with E-state index in [-0.39, 0.29) is 11.3 Å². The molecule has 26 heavy (non-hydrogen) atoms. The summed E-state index contributed by atoms with van der Waals surface area (Å²) >= 11 is 0. The van der Waals surface area contributed by atoms with E-state index in [0.29, 0.717) is 29.7 Å². The zero-order chi connectivity index (χ0) is 17.9. The number of aromatic nitrogens is 2.